The van der Waals surface area contributed by atoms with Crippen LogP contribution < -0.4 is 0 Å². The van der Waals surface area contributed by atoms with Crippen LogP contribution in [0.1, 0.15) is 5.56 Å². The number of rotatable bonds is 1. The molecule has 0 unspecified atom stereocenters. The Labute approximate surface area is 87.8 Å². The Balaban J connectivity index is 3.23. The van der Waals surface area contributed by atoms with E-state index in [0.717, 1.165) is 5.56 Å². The molecule has 0 atom stereocenters. The van der Waals surface area contributed by atoms with Crippen molar-refractivity contribution in [2.75, 3.05) is 0 Å². The van der Waals surface area contributed by atoms with E-state index in [2.05, 4.69) is 15.6 Å². The van der Waals surface area contributed by atoms with Gasteiger partial charge in [0.15, 0.2) is 0 Å². The molecule has 1 aromatic rings. The van der Waals surface area contributed by atoms with Crippen LogP contribution in [0.2, 0.25) is 10.0 Å². The van der Waals surface area contributed by atoms with Crippen LogP contribution in [-0.2, 0) is 0 Å². The van der Waals surface area contributed by atoms with Crippen LogP contribution in [0.4, 0.5) is 0 Å². The fraction of sp³-hybridized carbons (Fsp3) is 0. The van der Waals surface area contributed by atoms with Crippen LogP contribution >= 0.6 is 34.8 Å². The zero-order chi connectivity index (χ0) is 8.43. The third kappa shape index (κ3) is 2.47. The second-order valence-corrected chi connectivity index (χ2v) is 4.48. The molecule has 0 heterocycles. The van der Waals surface area contributed by atoms with Crippen molar-refractivity contribution in [1.29, 1.82) is 0 Å². The van der Waals surface area contributed by atoms with Crippen molar-refractivity contribution in [2.45, 2.75) is 0 Å². The van der Waals surface area contributed by atoms with Gasteiger partial charge in [0.25, 0.3) is 0 Å². The average molecular weight is 272 g/mol. The first-order valence-corrected chi connectivity index (χ1v) is 4.75. The molecule has 0 nitrogen and oxygen atoms in total. The van der Waals surface area contributed by atoms with Gasteiger partial charge in [-0.3, -0.25) is 0 Å². The third-order valence-corrected chi connectivity index (χ3v) is 2.37. The summed E-state index contributed by atoms with van der Waals surface area (Å²) in [5, 5.41) is 1.22. The van der Waals surface area contributed by atoms with E-state index in [-0.39, 0.29) is 0 Å². The van der Waals surface area contributed by atoms with Crippen LogP contribution in [0.5, 0.6) is 0 Å². The Morgan fingerprint density at radius 3 is 2.36 bits per heavy atom. The van der Waals surface area contributed by atoms with Gasteiger partial charge in [0.2, 0.25) is 0 Å². The molecule has 0 aliphatic carbocycles. The molecular formula is C7H3Cl3Se. The van der Waals surface area contributed by atoms with Crippen LogP contribution in [0, 0.1) is 0 Å². The summed E-state index contributed by atoms with van der Waals surface area (Å²) in [6, 6.07) is 5.13. The number of hydrogen-bond donors (Lipinski definition) is 0. The summed E-state index contributed by atoms with van der Waals surface area (Å²) in [6.07, 6.45) is 0. The van der Waals surface area contributed by atoms with E-state index in [1.54, 1.807) is 18.2 Å². The van der Waals surface area contributed by atoms with Crippen LogP contribution in [-0.4, -0.2) is 19.5 Å². The molecule has 58 valence electrons. The molecule has 0 saturated carbocycles. The summed E-state index contributed by atoms with van der Waals surface area (Å²) in [5.74, 6) is 0. The van der Waals surface area contributed by atoms with Crippen LogP contribution in [0.15, 0.2) is 18.2 Å². The quantitative estimate of drug-likeness (QED) is 0.690. The Hall–Kier alpha value is 0.479. The summed E-state index contributed by atoms with van der Waals surface area (Å²) in [6.45, 7) is 0. The van der Waals surface area contributed by atoms with Gasteiger partial charge >= 0.3 is 88.1 Å². The maximum absolute atomic E-state index is 5.81. The standard InChI is InChI=1S/C7H3Cl3Se/c8-4-1-2-6(9)5(3-4)7(10)11/h1-3H. The molecule has 0 aliphatic rings. The fourth-order valence-electron chi connectivity index (χ4n) is 0.648. The van der Waals surface area contributed by atoms with Crippen LogP contribution in [0.25, 0.3) is 0 Å². The number of benzene rings is 1. The molecule has 0 saturated heterocycles. The van der Waals surface area contributed by atoms with Gasteiger partial charge in [-0.2, -0.15) is 0 Å². The first-order chi connectivity index (χ1) is 5.11. The van der Waals surface area contributed by atoms with Crippen molar-refractivity contribution in [3.05, 3.63) is 33.8 Å². The monoisotopic (exact) mass is 272 g/mol. The van der Waals surface area contributed by atoms with Crippen molar-refractivity contribution in [3.8, 4) is 0 Å². The zero-order valence-corrected chi connectivity index (χ0v) is 9.26. The Kier molecular flexibility index (Phi) is 3.42. The summed E-state index contributed by atoms with van der Waals surface area (Å²) in [4.78, 5) is 0. The van der Waals surface area contributed by atoms with Crippen LogP contribution in [0.3, 0.4) is 0 Å². The van der Waals surface area contributed by atoms with Gasteiger partial charge in [0.1, 0.15) is 0 Å². The second-order valence-electron chi connectivity index (χ2n) is 1.90. The molecule has 4 heteroatoms. The van der Waals surface area contributed by atoms with Gasteiger partial charge in [-0.05, 0) is 0 Å². The Morgan fingerprint density at radius 2 is 1.91 bits per heavy atom. The predicted octanol–water partition coefficient (Wildman–Crippen LogP) is 2.88. The van der Waals surface area contributed by atoms with Gasteiger partial charge < -0.3 is 0 Å². The van der Waals surface area contributed by atoms with E-state index < -0.39 is 0 Å². The van der Waals surface area contributed by atoms with Crippen molar-refractivity contribution < 1.29 is 0 Å². The Bertz CT molecular complexity index is 296. The van der Waals surface area contributed by atoms with Gasteiger partial charge in [-0.1, -0.05) is 0 Å². The molecule has 11 heavy (non-hydrogen) atoms. The van der Waals surface area contributed by atoms with E-state index in [1.807, 2.05) is 0 Å². The van der Waals surface area contributed by atoms with E-state index in [1.165, 1.54) is 0 Å². The molecular weight excluding hydrogens is 269 g/mol. The Morgan fingerprint density at radius 1 is 1.27 bits per heavy atom. The first-order valence-electron chi connectivity index (χ1n) is 2.76. The normalized spacial score (nSPS) is 9.73. The van der Waals surface area contributed by atoms with E-state index in [0.29, 0.717) is 13.9 Å². The van der Waals surface area contributed by atoms with E-state index in [4.69, 9.17) is 34.8 Å². The zero-order valence-electron chi connectivity index (χ0n) is 5.27. The molecule has 0 radical (unpaired) electrons. The predicted molar refractivity (Wildman–Crippen MR) is 52.2 cm³/mol. The molecule has 1 rings (SSSR count). The topological polar surface area (TPSA) is 0 Å². The van der Waals surface area contributed by atoms with Gasteiger partial charge in [-0.15, -0.1) is 0 Å². The van der Waals surface area contributed by atoms with Crippen molar-refractivity contribution in [2.24, 2.45) is 0 Å². The summed E-state index contributed by atoms with van der Waals surface area (Å²) >= 11 is 19.9. The maximum atomic E-state index is 5.81. The van der Waals surface area contributed by atoms with E-state index >= 15 is 0 Å². The molecule has 0 amide bonds. The molecule has 1 aromatic carbocycles. The van der Waals surface area contributed by atoms with Gasteiger partial charge in [-0.25, -0.2) is 0 Å². The van der Waals surface area contributed by atoms with Crippen molar-refractivity contribution >= 4 is 54.3 Å². The number of hydrogen-bond acceptors (Lipinski definition) is 0. The molecule has 0 aliphatic heterocycles. The van der Waals surface area contributed by atoms with E-state index in [9.17, 15) is 0 Å². The summed E-state index contributed by atoms with van der Waals surface area (Å²) in [7, 11) is 0. The second kappa shape index (κ2) is 3.93. The first kappa shape index (κ1) is 9.57. The molecule has 0 N–H and O–H groups in total. The minimum atomic E-state index is 0.525. The van der Waals surface area contributed by atoms with Gasteiger partial charge in [0, 0.05) is 0 Å². The van der Waals surface area contributed by atoms with Gasteiger partial charge in [0.05, 0.1) is 0 Å². The summed E-state index contributed by atoms with van der Waals surface area (Å²) in [5.41, 5.74) is 0.737. The molecule has 0 aromatic heterocycles. The SMILES string of the molecule is ClC(=[Se])c1cc(Cl)ccc1Cl. The average Bonchev–Trinajstić information content (AvgIpc) is 1.94. The third-order valence-electron chi connectivity index (χ3n) is 1.14. The summed E-state index contributed by atoms with van der Waals surface area (Å²) < 4.78 is 0.525. The molecule has 0 fully saturated rings. The number of halogens is 3. The molecule has 0 bridgehead atoms. The van der Waals surface area contributed by atoms with Crippen molar-refractivity contribution in [3.63, 3.8) is 0 Å². The fourth-order valence-corrected chi connectivity index (χ4v) is 1.72. The molecule has 0 spiro atoms. The minimum absolute atomic E-state index is 0.525. The van der Waals surface area contributed by atoms with Crippen molar-refractivity contribution in [1.82, 2.24) is 0 Å².